The number of ether oxygens (including phenoxy) is 1. The smallest absolute Gasteiger partial charge is 0.303 e. The first-order valence-corrected chi connectivity index (χ1v) is 4.61. The van der Waals surface area contributed by atoms with E-state index in [1.807, 2.05) is 6.92 Å². The lowest BCUT2D eigenvalue weighted by atomic mass is 9.74. The lowest BCUT2D eigenvalue weighted by Crippen LogP contribution is -2.48. The van der Waals surface area contributed by atoms with Crippen molar-refractivity contribution >= 4 is 5.97 Å². The van der Waals surface area contributed by atoms with Crippen LogP contribution in [0.1, 0.15) is 32.6 Å². The van der Waals surface area contributed by atoms with Gasteiger partial charge in [0.15, 0.2) is 0 Å². The molecule has 0 spiro atoms. The van der Waals surface area contributed by atoms with Gasteiger partial charge in [0.25, 0.3) is 0 Å². The molecule has 0 aromatic carbocycles. The minimum absolute atomic E-state index is 0.0370. The van der Waals surface area contributed by atoms with Crippen molar-refractivity contribution in [3.63, 3.8) is 0 Å². The molecule has 0 bridgehead atoms. The second-order valence-electron chi connectivity index (χ2n) is 3.60. The molecule has 0 radical (unpaired) electrons. The molecular formula is C9H16O4. The van der Waals surface area contributed by atoms with E-state index in [9.17, 15) is 9.90 Å². The molecule has 1 rings (SSSR count). The summed E-state index contributed by atoms with van der Waals surface area (Å²) in [6.45, 7) is 2.56. The summed E-state index contributed by atoms with van der Waals surface area (Å²) >= 11 is 0. The highest BCUT2D eigenvalue weighted by Gasteiger charge is 2.42. The van der Waals surface area contributed by atoms with Gasteiger partial charge >= 0.3 is 5.97 Å². The zero-order valence-corrected chi connectivity index (χ0v) is 7.82. The Kier molecular flexibility index (Phi) is 3.27. The lowest BCUT2D eigenvalue weighted by Gasteiger charge is -2.43. The third kappa shape index (κ3) is 2.97. The number of carboxylic acid groups (broad SMARTS) is 1. The Bertz CT molecular complexity index is 184. The lowest BCUT2D eigenvalue weighted by molar-refractivity contribution is -0.152. The molecule has 0 aliphatic heterocycles. The van der Waals surface area contributed by atoms with Crippen LogP contribution < -0.4 is 0 Å². The molecule has 0 amide bonds. The highest BCUT2D eigenvalue weighted by atomic mass is 16.5. The van der Waals surface area contributed by atoms with Gasteiger partial charge in [-0.2, -0.15) is 0 Å². The second-order valence-corrected chi connectivity index (χ2v) is 3.60. The van der Waals surface area contributed by atoms with Gasteiger partial charge in [-0.25, -0.2) is 0 Å². The normalized spacial score (nSPS) is 32.6. The maximum atomic E-state index is 10.3. The van der Waals surface area contributed by atoms with Crippen molar-refractivity contribution in [2.75, 3.05) is 6.61 Å². The summed E-state index contributed by atoms with van der Waals surface area (Å²) < 4.78 is 5.27. The molecule has 0 saturated heterocycles. The Morgan fingerprint density at radius 3 is 2.69 bits per heavy atom. The standard InChI is InChI=1S/C9H16O4/c1-2-13-7-5-9(12,6-7)4-3-8(10)11/h7,12H,2-6H2,1H3,(H,10,11). The molecule has 0 heterocycles. The SMILES string of the molecule is CCOC1CC(O)(CCC(=O)O)C1. The van der Waals surface area contributed by atoms with Gasteiger partial charge in [0.1, 0.15) is 0 Å². The summed E-state index contributed by atoms with van der Waals surface area (Å²) in [7, 11) is 0. The predicted octanol–water partition coefficient (Wildman–Crippen LogP) is 0.781. The van der Waals surface area contributed by atoms with E-state index in [2.05, 4.69) is 0 Å². The Balaban J connectivity index is 2.18. The van der Waals surface area contributed by atoms with Gasteiger partial charge in [0.2, 0.25) is 0 Å². The second kappa shape index (κ2) is 4.07. The first-order chi connectivity index (χ1) is 6.06. The van der Waals surface area contributed by atoms with Crippen LogP contribution in [0.15, 0.2) is 0 Å². The van der Waals surface area contributed by atoms with Crippen LogP contribution in [-0.4, -0.2) is 34.5 Å². The van der Waals surface area contributed by atoms with Crippen LogP contribution in [-0.2, 0) is 9.53 Å². The molecule has 1 aliphatic rings. The number of aliphatic hydroxyl groups is 1. The predicted molar refractivity (Wildman–Crippen MR) is 46.5 cm³/mol. The van der Waals surface area contributed by atoms with Crippen LogP contribution in [0, 0.1) is 0 Å². The summed E-state index contributed by atoms with van der Waals surface area (Å²) in [6.07, 6.45) is 1.66. The molecule has 0 aromatic heterocycles. The molecule has 1 aliphatic carbocycles. The maximum absolute atomic E-state index is 10.3. The summed E-state index contributed by atoms with van der Waals surface area (Å²) in [5.74, 6) is -0.853. The highest BCUT2D eigenvalue weighted by molar-refractivity contribution is 5.66. The molecule has 0 atom stereocenters. The zero-order chi connectivity index (χ0) is 9.90. The van der Waals surface area contributed by atoms with Gasteiger partial charge in [-0.05, 0) is 13.3 Å². The topological polar surface area (TPSA) is 66.8 Å². The summed E-state index contributed by atoms with van der Waals surface area (Å²) in [4.78, 5) is 10.3. The van der Waals surface area contributed by atoms with Crippen LogP contribution in [0.3, 0.4) is 0 Å². The van der Waals surface area contributed by atoms with E-state index in [0.717, 1.165) is 0 Å². The highest BCUT2D eigenvalue weighted by Crippen LogP contribution is 2.37. The minimum atomic E-state index is -0.853. The number of hydrogen-bond acceptors (Lipinski definition) is 3. The van der Waals surface area contributed by atoms with Crippen molar-refractivity contribution in [1.82, 2.24) is 0 Å². The van der Waals surface area contributed by atoms with Gasteiger partial charge in [-0.15, -0.1) is 0 Å². The number of hydrogen-bond donors (Lipinski definition) is 2. The summed E-state index contributed by atoms with van der Waals surface area (Å²) in [5, 5.41) is 18.1. The van der Waals surface area contributed by atoms with Crippen molar-refractivity contribution in [3.8, 4) is 0 Å². The Morgan fingerprint density at radius 1 is 1.62 bits per heavy atom. The van der Waals surface area contributed by atoms with E-state index in [1.165, 1.54) is 0 Å². The molecule has 4 heteroatoms. The van der Waals surface area contributed by atoms with Crippen LogP contribution in [0.25, 0.3) is 0 Å². The van der Waals surface area contributed by atoms with Crippen molar-refractivity contribution < 1.29 is 19.7 Å². The molecule has 13 heavy (non-hydrogen) atoms. The zero-order valence-electron chi connectivity index (χ0n) is 7.82. The number of carbonyl (C=O) groups is 1. The van der Waals surface area contributed by atoms with E-state index in [0.29, 0.717) is 25.9 Å². The molecular weight excluding hydrogens is 172 g/mol. The van der Waals surface area contributed by atoms with E-state index < -0.39 is 11.6 Å². The van der Waals surface area contributed by atoms with Crippen molar-refractivity contribution in [2.45, 2.75) is 44.3 Å². The fourth-order valence-electron chi connectivity index (χ4n) is 1.69. The van der Waals surface area contributed by atoms with E-state index in [4.69, 9.17) is 9.84 Å². The van der Waals surface area contributed by atoms with E-state index in [1.54, 1.807) is 0 Å². The average molecular weight is 188 g/mol. The summed E-state index contributed by atoms with van der Waals surface area (Å²) in [5.41, 5.74) is -0.780. The molecule has 2 N–H and O–H groups in total. The monoisotopic (exact) mass is 188 g/mol. The maximum Gasteiger partial charge on any atom is 0.303 e. The fourth-order valence-corrected chi connectivity index (χ4v) is 1.69. The first kappa shape index (κ1) is 10.5. The van der Waals surface area contributed by atoms with Crippen molar-refractivity contribution in [1.29, 1.82) is 0 Å². The Morgan fingerprint density at radius 2 is 2.23 bits per heavy atom. The summed E-state index contributed by atoms with van der Waals surface area (Å²) in [6, 6.07) is 0. The largest absolute Gasteiger partial charge is 0.481 e. The van der Waals surface area contributed by atoms with Gasteiger partial charge in [-0.3, -0.25) is 4.79 Å². The third-order valence-corrected chi connectivity index (χ3v) is 2.42. The molecule has 1 fully saturated rings. The van der Waals surface area contributed by atoms with Crippen LogP contribution >= 0.6 is 0 Å². The quantitative estimate of drug-likeness (QED) is 0.669. The van der Waals surface area contributed by atoms with Gasteiger partial charge < -0.3 is 14.9 Å². The van der Waals surface area contributed by atoms with Crippen LogP contribution in [0.2, 0.25) is 0 Å². The third-order valence-electron chi connectivity index (χ3n) is 2.42. The van der Waals surface area contributed by atoms with Gasteiger partial charge in [0.05, 0.1) is 11.7 Å². The average Bonchev–Trinajstić information content (AvgIpc) is 1.99. The van der Waals surface area contributed by atoms with Crippen molar-refractivity contribution in [2.24, 2.45) is 0 Å². The Labute approximate surface area is 77.5 Å². The molecule has 0 aromatic rings. The molecule has 76 valence electrons. The minimum Gasteiger partial charge on any atom is -0.481 e. The number of rotatable bonds is 5. The van der Waals surface area contributed by atoms with E-state index >= 15 is 0 Å². The van der Waals surface area contributed by atoms with Crippen molar-refractivity contribution in [3.05, 3.63) is 0 Å². The van der Waals surface area contributed by atoms with Crippen LogP contribution in [0.5, 0.6) is 0 Å². The molecule has 0 unspecified atom stereocenters. The molecule has 4 nitrogen and oxygen atoms in total. The molecule has 1 saturated carbocycles. The number of aliphatic carboxylic acids is 1. The first-order valence-electron chi connectivity index (χ1n) is 4.61. The van der Waals surface area contributed by atoms with E-state index in [-0.39, 0.29) is 12.5 Å². The van der Waals surface area contributed by atoms with Gasteiger partial charge in [0, 0.05) is 25.9 Å². The van der Waals surface area contributed by atoms with Gasteiger partial charge in [-0.1, -0.05) is 0 Å². The number of carboxylic acids is 1. The van der Waals surface area contributed by atoms with Crippen LogP contribution in [0.4, 0.5) is 0 Å². The fraction of sp³-hybridized carbons (Fsp3) is 0.889. The Hall–Kier alpha value is -0.610.